The third kappa shape index (κ3) is 4.12. The molecule has 0 N–H and O–H groups in total. The molecule has 0 heterocycles. The summed E-state index contributed by atoms with van der Waals surface area (Å²) in [7, 11) is 0. The van der Waals surface area contributed by atoms with Crippen LogP contribution in [0.3, 0.4) is 0 Å². The Morgan fingerprint density at radius 3 is 2.15 bits per heavy atom. The summed E-state index contributed by atoms with van der Waals surface area (Å²) in [6.07, 6.45) is 10.6. The molecule has 0 spiro atoms. The standard InChI is InChI=1S/C12H23O/c1-2-3-4-5-11-6-8-12(10-13)9-7-11/h11-12H,2-10H2,1H3/t11-,12-. The number of rotatable bonds is 5. The first-order valence-corrected chi connectivity index (χ1v) is 5.95. The Morgan fingerprint density at radius 1 is 1.00 bits per heavy atom. The molecule has 13 heavy (non-hydrogen) atoms. The predicted octanol–water partition coefficient (Wildman–Crippen LogP) is 3.80. The van der Waals surface area contributed by atoms with Crippen LogP contribution < -0.4 is 0 Å². The van der Waals surface area contributed by atoms with Crippen LogP contribution in [0.5, 0.6) is 0 Å². The number of hydrogen-bond acceptors (Lipinski definition) is 0. The second-order valence-corrected chi connectivity index (χ2v) is 4.55. The summed E-state index contributed by atoms with van der Waals surface area (Å²) < 4.78 is 0. The van der Waals surface area contributed by atoms with E-state index in [9.17, 15) is 5.11 Å². The van der Waals surface area contributed by atoms with Crippen molar-refractivity contribution < 1.29 is 5.11 Å². The first-order chi connectivity index (χ1) is 6.36. The molecule has 1 fully saturated rings. The summed E-state index contributed by atoms with van der Waals surface area (Å²) in [6.45, 7) is 2.43. The highest BCUT2D eigenvalue weighted by molar-refractivity contribution is 4.71. The van der Waals surface area contributed by atoms with E-state index < -0.39 is 0 Å². The fourth-order valence-corrected chi connectivity index (χ4v) is 2.37. The molecule has 1 radical (unpaired) electrons. The normalized spacial score (nSPS) is 29.1. The first kappa shape index (κ1) is 11.0. The van der Waals surface area contributed by atoms with E-state index in [1.54, 1.807) is 0 Å². The van der Waals surface area contributed by atoms with Gasteiger partial charge in [-0.15, -0.1) is 0 Å². The van der Waals surface area contributed by atoms with Crippen LogP contribution in [0.2, 0.25) is 0 Å². The van der Waals surface area contributed by atoms with Crippen molar-refractivity contribution in [3.8, 4) is 0 Å². The van der Waals surface area contributed by atoms with Crippen molar-refractivity contribution >= 4 is 0 Å². The maximum Gasteiger partial charge on any atom is 0.0850 e. The van der Waals surface area contributed by atoms with Gasteiger partial charge >= 0.3 is 0 Å². The minimum atomic E-state index is 0.168. The van der Waals surface area contributed by atoms with E-state index >= 15 is 0 Å². The largest absolute Gasteiger partial charge is 0.236 e. The Kier molecular flexibility index (Phi) is 5.45. The van der Waals surface area contributed by atoms with Gasteiger partial charge in [-0.2, -0.15) is 0 Å². The average molecular weight is 183 g/mol. The van der Waals surface area contributed by atoms with Crippen LogP contribution in [-0.2, 0) is 5.11 Å². The molecule has 0 aliphatic heterocycles. The highest BCUT2D eigenvalue weighted by Crippen LogP contribution is 2.31. The van der Waals surface area contributed by atoms with E-state index in [0.717, 1.165) is 5.92 Å². The van der Waals surface area contributed by atoms with E-state index in [0.29, 0.717) is 5.92 Å². The van der Waals surface area contributed by atoms with Crippen molar-refractivity contribution in [2.45, 2.75) is 58.3 Å². The quantitative estimate of drug-likeness (QED) is 0.578. The lowest BCUT2D eigenvalue weighted by Crippen LogP contribution is -2.16. The van der Waals surface area contributed by atoms with E-state index in [-0.39, 0.29) is 6.61 Å². The molecule has 0 aromatic heterocycles. The molecule has 1 heteroatoms. The zero-order valence-electron chi connectivity index (χ0n) is 8.93. The molecule has 0 atom stereocenters. The van der Waals surface area contributed by atoms with E-state index in [1.807, 2.05) is 0 Å². The van der Waals surface area contributed by atoms with Gasteiger partial charge in [0, 0.05) is 0 Å². The zero-order valence-corrected chi connectivity index (χ0v) is 8.93. The third-order valence-electron chi connectivity index (χ3n) is 3.42. The van der Waals surface area contributed by atoms with Gasteiger partial charge in [0.25, 0.3) is 0 Å². The second-order valence-electron chi connectivity index (χ2n) is 4.55. The molecule has 1 saturated carbocycles. The van der Waals surface area contributed by atoms with E-state index in [2.05, 4.69) is 6.92 Å². The van der Waals surface area contributed by atoms with Crippen LogP contribution >= 0.6 is 0 Å². The molecule has 0 aromatic rings. The van der Waals surface area contributed by atoms with Gasteiger partial charge in [-0.25, -0.2) is 5.11 Å². The average Bonchev–Trinajstić information content (AvgIpc) is 2.19. The summed E-state index contributed by atoms with van der Waals surface area (Å²) >= 11 is 0. The van der Waals surface area contributed by atoms with E-state index in [4.69, 9.17) is 0 Å². The monoisotopic (exact) mass is 183 g/mol. The summed E-state index contributed by atoms with van der Waals surface area (Å²) in [6, 6.07) is 0. The van der Waals surface area contributed by atoms with Gasteiger partial charge in [0.05, 0.1) is 6.61 Å². The summed E-state index contributed by atoms with van der Waals surface area (Å²) in [5.41, 5.74) is 0. The molecular formula is C12H23O. The number of hydrogen-bond donors (Lipinski definition) is 0. The van der Waals surface area contributed by atoms with Crippen LogP contribution in [0.15, 0.2) is 0 Å². The minimum Gasteiger partial charge on any atom is -0.236 e. The summed E-state index contributed by atoms with van der Waals surface area (Å²) in [4.78, 5) is 0. The van der Waals surface area contributed by atoms with Crippen molar-refractivity contribution in [3.63, 3.8) is 0 Å². The van der Waals surface area contributed by atoms with Gasteiger partial charge < -0.3 is 0 Å². The molecule has 0 saturated heterocycles. The molecule has 1 nitrogen and oxygen atoms in total. The Hall–Kier alpha value is -0.0400. The lowest BCUT2D eigenvalue weighted by Gasteiger charge is -2.26. The van der Waals surface area contributed by atoms with Gasteiger partial charge in [-0.1, -0.05) is 45.4 Å². The molecule has 0 amide bonds. The molecular weight excluding hydrogens is 160 g/mol. The fraction of sp³-hybridized carbons (Fsp3) is 1.00. The Balaban J connectivity index is 2.03. The zero-order chi connectivity index (χ0) is 9.52. The van der Waals surface area contributed by atoms with Gasteiger partial charge in [0.2, 0.25) is 0 Å². The Labute approximate surface area is 82.5 Å². The molecule has 0 unspecified atom stereocenters. The van der Waals surface area contributed by atoms with Crippen LogP contribution in [0, 0.1) is 11.8 Å². The minimum absolute atomic E-state index is 0.168. The smallest absolute Gasteiger partial charge is 0.0850 e. The predicted molar refractivity (Wildman–Crippen MR) is 55.1 cm³/mol. The van der Waals surface area contributed by atoms with Gasteiger partial charge in [0.15, 0.2) is 0 Å². The molecule has 0 aromatic carbocycles. The summed E-state index contributed by atoms with van der Waals surface area (Å²) in [5, 5.41) is 10.7. The molecule has 1 aliphatic rings. The van der Waals surface area contributed by atoms with Crippen LogP contribution in [0.1, 0.15) is 58.3 Å². The molecule has 1 rings (SSSR count). The second kappa shape index (κ2) is 6.42. The van der Waals surface area contributed by atoms with Crippen molar-refractivity contribution in [3.05, 3.63) is 0 Å². The van der Waals surface area contributed by atoms with Crippen molar-refractivity contribution in [1.29, 1.82) is 0 Å². The molecule has 1 aliphatic carbocycles. The van der Waals surface area contributed by atoms with Crippen LogP contribution in [0.4, 0.5) is 0 Å². The Bertz CT molecular complexity index is 112. The summed E-state index contributed by atoms with van der Waals surface area (Å²) in [5.74, 6) is 1.47. The van der Waals surface area contributed by atoms with Crippen molar-refractivity contribution in [2.24, 2.45) is 11.8 Å². The maximum atomic E-state index is 10.7. The third-order valence-corrected chi connectivity index (χ3v) is 3.42. The lowest BCUT2D eigenvalue weighted by molar-refractivity contribution is 0.108. The Morgan fingerprint density at radius 2 is 1.62 bits per heavy atom. The van der Waals surface area contributed by atoms with Crippen molar-refractivity contribution in [1.82, 2.24) is 0 Å². The van der Waals surface area contributed by atoms with Gasteiger partial charge in [-0.05, 0) is 24.7 Å². The van der Waals surface area contributed by atoms with Gasteiger partial charge in [0.1, 0.15) is 0 Å². The van der Waals surface area contributed by atoms with E-state index in [1.165, 1.54) is 51.4 Å². The molecule has 0 bridgehead atoms. The molecule has 77 valence electrons. The van der Waals surface area contributed by atoms with Crippen LogP contribution in [-0.4, -0.2) is 6.61 Å². The van der Waals surface area contributed by atoms with Crippen molar-refractivity contribution in [2.75, 3.05) is 6.61 Å². The number of unbranched alkanes of at least 4 members (excludes halogenated alkanes) is 2. The van der Waals surface area contributed by atoms with Crippen LogP contribution in [0.25, 0.3) is 0 Å². The fourth-order valence-electron chi connectivity index (χ4n) is 2.37. The highest BCUT2D eigenvalue weighted by atomic mass is 16.3. The van der Waals surface area contributed by atoms with Gasteiger partial charge in [-0.3, -0.25) is 0 Å². The maximum absolute atomic E-state index is 10.7. The topological polar surface area (TPSA) is 19.9 Å². The SMILES string of the molecule is CCCCC[C@H]1CC[C@H](C[O])CC1. The first-order valence-electron chi connectivity index (χ1n) is 5.95. The highest BCUT2D eigenvalue weighted by Gasteiger charge is 2.20. The lowest BCUT2D eigenvalue weighted by atomic mass is 9.80.